The Morgan fingerprint density at radius 1 is 1.30 bits per heavy atom. The minimum atomic E-state index is 0.0794. The van der Waals surface area contributed by atoms with Gasteiger partial charge in [0.1, 0.15) is 17.1 Å². The second kappa shape index (κ2) is 4.85. The Morgan fingerprint density at radius 2 is 2.15 bits per heavy atom. The Morgan fingerprint density at radius 3 is 2.90 bits per heavy atom. The highest BCUT2D eigenvalue weighted by Crippen LogP contribution is 2.29. The maximum absolute atomic E-state index is 9.78. The monoisotopic (exact) mass is 268 g/mol. The number of aromatic nitrogens is 3. The topological polar surface area (TPSA) is 77.0 Å². The number of pyridine rings is 1. The van der Waals surface area contributed by atoms with E-state index in [0.29, 0.717) is 5.69 Å². The van der Waals surface area contributed by atoms with Crippen molar-refractivity contribution in [1.82, 2.24) is 14.5 Å². The fourth-order valence-corrected chi connectivity index (χ4v) is 2.33. The van der Waals surface area contributed by atoms with Crippen molar-refractivity contribution < 1.29 is 5.11 Å². The van der Waals surface area contributed by atoms with E-state index in [1.165, 1.54) is 0 Å². The van der Waals surface area contributed by atoms with E-state index in [0.717, 1.165) is 35.4 Å². The Hall–Kier alpha value is -2.56. The van der Waals surface area contributed by atoms with Gasteiger partial charge in [-0.1, -0.05) is 6.92 Å². The van der Waals surface area contributed by atoms with Crippen molar-refractivity contribution in [3.8, 4) is 17.1 Å². The molecule has 0 amide bonds. The summed E-state index contributed by atoms with van der Waals surface area (Å²) in [6, 6.07) is 7.17. The van der Waals surface area contributed by atoms with E-state index in [1.54, 1.807) is 24.5 Å². The van der Waals surface area contributed by atoms with Crippen molar-refractivity contribution in [2.45, 2.75) is 19.9 Å². The molecule has 2 heterocycles. The van der Waals surface area contributed by atoms with Crippen molar-refractivity contribution in [2.24, 2.45) is 0 Å². The first-order chi connectivity index (χ1) is 9.70. The molecule has 0 atom stereocenters. The standard InChI is InChI=1S/C15H16N4O/c1-2-7-19-13-5-6-17-9-12(13)18-15(19)10-3-4-11(16)14(20)8-10/h3-6,8-9,20H,2,7,16H2,1H3. The molecular weight excluding hydrogens is 252 g/mol. The molecule has 2 aromatic heterocycles. The number of phenols is 1. The lowest BCUT2D eigenvalue weighted by atomic mass is 10.2. The lowest BCUT2D eigenvalue weighted by molar-refractivity contribution is 0.478. The highest BCUT2D eigenvalue weighted by molar-refractivity contribution is 5.80. The van der Waals surface area contributed by atoms with E-state index in [2.05, 4.69) is 21.5 Å². The smallest absolute Gasteiger partial charge is 0.141 e. The van der Waals surface area contributed by atoms with Gasteiger partial charge in [0.25, 0.3) is 0 Å². The molecule has 102 valence electrons. The first kappa shape index (κ1) is 12.5. The molecule has 0 aliphatic carbocycles. The molecule has 5 nitrogen and oxygen atoms in total. The van der Waals surface area contributed by atoms with E-state index in [1.807, 2.05) is 12.1 Å². The minimum Gasteiger partial charge on any atom is -0.506 e. The number of nitrogen functional groups attached to an aromatic ring is 1. The molecule has 0 fully saturated rings. The number of nitrogens with zero attached hydrogens (tertiary/aromatic N) is 3. The van der Waals surface area contributed by atoms with E-state index in [-0.39, 0.29) is 5.75 Å². The van der Waals surface area contributed by atoms with Crippen LogP contribution in [0.5, 0.6) is 5.75 Å². The molecule has 5 heteroatoms. The van der Waals surface area contributed by atoms with E-state index in [9.17, 15) is 5.11 Å². The first-order valence-corrected chi connectivity index (χ1v) is 6.60. The number of fused-ring (bicyclic) bond motifs is 1. The molecular formula is C15H16N4O. The van der Waals surface area contributed by atoms with Crippen LogP contribution in [0.15, 0.2) is 36.7 Å². The number of hydrogen-bond donors (Lipinski definition) is 2. The summed E-state index contributed by atoms with van der Waals surface area (Å²) in [6.07, 6.45) is 4.52. The Labute approximate surface area is 116 Å². The number of hydrogen-bond acceptors (Lipinski definition) is 4. The summed E-state index contributed by atoms with van der Waals surface area (Å²) < 4.78 is 2.14. The average molecular weight is 268 g/mol. The molecule has 3 N–H and O–H groups in total. The second-order valence-corrected chi connectivity index (χ2v) is 4.73. The number of nitrogens with two attached hydrogens (primary N) is 1. The zero-order chi connectivity index (χ0) is 14.1. The minimum absolute atomic E-state index is 0.0794. The molecule has 0 saturated carbocycles. The van der Waals surface area contributed by atoms with Crippen LogP contribution in [0.25, 0.3) is 22.4 Å². The van der Waals surface area contributed by atoms with Gasteiger partial charge in [-0.2, -0.15) is 0 Å². The van der Waals surface area contributed by atoms with Crippen LogP contribution in [0.1, 0.15) is 13.3 Å². The van der Waals surface area contributed by atoms with Gasteiger partial charge in [-0.05, 0) is 30.7 Å². The average Bonchev–Trinajstić information content (AvgIpc) is 2.82. The summed E-state index contributed by atoms with van der Waals surface area (Å²) in [7, 11) is 0. The van der Waals surface area contributed by atoms with Gasteiger partial charge in [0.15, 0.2) is 0 Å². The van der Waals surface area contributed by atoms with Gasteiger partial charge in [-0.25, -0.2) is 4.98 Å². The number of anilines is 1. The number of aryl methyl sites for hydroxylation is 1. The normalized spacial score (nSPS) is 11.1. The van der Waals surface area contributed by atoms with Crippen LogP contribution in [0, 0.1) is 0 Å². The molecule has 20 heavy (non-hydrogen) atoms. The summed E-state index contributed by atoms with van der Waals surface area (Å²) >= 11 is 0. The SMILES string of the molecule is CCCn1c(-c2ccc(N)c(O)c2)nc2cnccc21. The second-order valence-electron chi connectivity index (χ2n) is 4.73. The molecule has 0 aliphatic heterocycles. The van der Waals surface area contributed by atoms with Crippen LogP contribution >= 0.6 is 0 Å². The summed E-state index contributed by atoms with van der Waals surface area (Å²) in [5, 5.41) is 9.78. The van der Waals surface area contributed by atoms with Crippen LogP contribution in [0.4, 0.5) is 5.69 Å². The van der Waals surface area contributed by atoms with Gasteiger partial charge in [-0.3, -0.25) is 4.98 Å². The number of aromatic hydroxyl groups is 1. The molecule has 0 aliphatic rings. The van der Waals surface area contributed by atoms with Crippen molar-refractivity contribution in [2.75, 3.05) is 5.73 Å². The molecule has 3 aromatic rings. The third kappa shape index (κ3) is 1.97. The molecule has 3 rings (SSSR count). The molecule has 0 unspecified atom stereocenters. The lowest BCUT2D eigenvalue weighted by Gasteiger charge is -2.08. The summed E-state index contributed by atoms with van der Waals surface area (Å²) in [4.78, 5) is 8.73. The quantitative estimate of drug-likeness (QED) is 0.565. The Kier molecular flexibility index (Phi) is 3.02. The van der Waals surface area contributed by atoms with Gasteiger partial charge < -0.3 is 15.4 Å². The maximum Gasteiger partial charge on any atom is 0.141 e. The van der Waals surface area contributed by atoms with Crippen molar-refractivity contribution in [3.63, 3.8) is 0 Å². The number of imidazole rings is 1. The van der Waals surface area contributed by atoms with Crippen molar-refractivity contribution >= 4 is 16.7 Å². The number of benzene rings is 1. The first-order valence-electron chi connectivity index (χ1n) is 6.60. The van der Waals surface area contributed by atoms with E-state index >= 15 is 0 Å². The lowest BCUT2D eigenvalue weighted by Crippen LogP contribution is -2.00. The predicted octanol–water partition coefficient (Wildman–Crippen LogP) is 2.80. The van der Waals surface area contributed by atoms with Crippen molar-refractivity contribution in [3.05, 3.63) is 36.7 Å². The maximum atomic E-state index is 9.78. The van der Waals surface area contributed by atoms with Crippen LogP contribution in [0.2, 0.25) is 0 Å². The van der Waals surface area contributed by atoms with Crippen LogP contribution in [0.3, 0.4) is 0 Å². The highest BCUT2D eigenvalue weighted by atomic mass is 16.3. The fourth-order valence-electron chi connectivity index (χ4n) is 2.33. The van der Waals surface area contributed by atoms with Gasteiger partial charge in [-0.15, -0.1) is 0 Å². The molecule has 0 spiro atoms. The third-order valence-electron chi connectivity index (χ3n) is 3.29. The third-order valence-corrected chi connectivity index (χ3v) is 3.29. The van der Waals surface area contributed by atoms with Gasteiger partial charge in [0, 0.05) is 18.3 Å². The largest absolute Gasteiger partial charge is 0.506 e. The Bertz CT molecular complexity index is 764. The van der Waals surface area contributed by atoms with Crippen molar-refractivity contribution in [1.29, 1.82) is 0 Å². The predicted molar refractivity (Wildman–Crippen MR) is 79.3 cm³/mol. The van der Waals surface area contributed by atoms with Crippen LogP contribution in [-0.2, 0) is 6.54 Å². The Balaban J connectivity index is 2.23. The summed E-state index contributed by atoms with van der Waals surface area (Å²) in [6.45, 7) is 2.98. The number of phenolic OH excluding ortho intramolecular Hbond substituents is 1. The summed E-state index contributed by atoms with van der Waals surface area (Å²) in [5.74, 6) is 0.904. The van der Waals surface area contributed by atoms with Gasteiger partial charge in [0.2, 0.25) is 0 Å². The number of rotatable bonds is 3. The zero-order valence-electron chi connectivity index (χ0n) is 11.2. The van der Waals surface area contributed by atoms with Gasteiger partial charge >= 0.3 is 0 Å². The molecule has 0 radical (unpaired) electrons. The van der Waals surface area contributed by atoms with Crippen LogP contribution < -0.4 is 5.73 Å². The van der Waals surface area contributed by atoms with E-state index in [4.69, 9.17) is 5.73 Å². The molecule has 1 aromatic carbocycles. The fraction of sp³-hybridized carbons (Fsp3) is 0.200. The van der Waals surface area contributed by atoms with Gasteiger partial charge in [0.05, 0.1) is 17.4 Å². The highest BCUT2D eigenvalue weighted by Gasteiger charge is 2.13. The molecule has 0 bridgehead atoms. The molecule has 0 saturated heterocycles. The van der Waals surface area contributed by atoms with Crippen LogP contribution in [-0.4, -0.2) is 19.6 Å². The zero-order valence-corrected chi connectivity index (χ0v) is 11.2. The summed E-state index contributed by atoms with van der Waals surface area (Å²) in [5.41, 5.74) is 8.77. The van der Waals surface area contributed by atoms with E-state index < -0.39 is 0 Å².